The lowest BCUT2D eigenvalue weighted by atomic mass is 10.2. The molecule has 0 aliphatic carbocycles. The van der Waals surface area contributed by atoms with Gasteiger partial charge in [0.1, 0.15) is 65.3 Å². The first kappa shape index (κ1) is 92.4. The highest BCUT2D eigenvalue weighted by atomic mass is 79.9. The Labute approximate surface area is 714 Å². The minimum atomic E-state index is -3.22. The molecular weight excluding hydrogens is 1830 g/mol. The van der Waals surface area contributed by atoms with Crippen LogP contribution < -0.4 is 11.1 Å². The van der Waals surface area contributed by atoms with E-state index in [0.29, 0.717) is 87.2 Å². The van der Waals surface area contributed by atoms with E-state index in [-0.39, 0.29) is 39.2 Å². The van der Waals surface area contributed by atoms with Crippen molar-refractivity contribution in [3.63, 3.8) is 0 Å². The van der Waals surface area contributed by atoms with Crippen molar-refractivity contribution in [3.05, 3.63) is 208 Å². The van der Waals surface area contributed by atoms with Gasteiger partial charge in [-0.2, -0.15) is 5.26 Å². The normalized spacial score (nSPS) is 12.6. The number of nitro groups is 2. The van der Waals surface area contributed by atoms with E-state index in [1.807, 2.05) is 57.2 Å². The van der Waals surface area contributed by atoms with E-state index >= 15 is 0 Å². The largest absolute Gasteiger partial charge is 0.445 e. The minimum Gasteiger partial charge on any atom is -0.445 e. The number of carbonyl (C=O) groups excluding carboxylic acids is 3. The van der Waals surface area contributed by atoms with Gasteiger partial charge in [0.05, 0.1) is 46.3 Å². The van der Waals surface area contributed by atoms with Crippen molar-refractivity contribution in [2.75, 3.05) is 38.0 Å². The summed E-state index contributed by atoms with van der Waals surface area (Å²) in [5, 5.41) is 36.1. The number of carbonyl (C=O) groups is 3. The van der Waals surface area contributed by atoms with E-state index in [1.54, 1.807) is 74.7 Å². The minimum absolute atomic E-state index is 0.124. The number of hydrogen-bond donors (Lipinski definition) is 2. The van der Waals surface area contributed by atoms with Gasteiger partial charge in [-0.05, 0) is 193 Å². The monoisotopic (exact) mass is 1880 g/mol. The fourth-order valence-corrected chi connectivity index (χ4v) is 15.0. The maximum Gasteiger partial charge on any atom is 0.339 e. The summed E-state index contributed by atoms with van der Waals surface area (Å²) in [6.07, 6.45) is 17.1. The molecule has 16 rings (SSSR count). The Morgan fingerprint density at radius 3 is 1.61 bits per heavy atom. The maximum atomic E-state index is 11.8. The second-order valence-electron chi connectivity index (χ2n) is 22.4. The zero-order valence-corrected chi connectivity index (χ0v) is 72.7. The average molecular weight is 1890 g/mol. The van der Waals surface area contributed by atoms with Gasteiger partial charge in [-0.25, -0.2) is 34.9 Å². The summed E-state index contributed by atoms with van der Waals surface area (Å²) < 4.78 is 36.7. The van der Waals surface area contributed by atoms with E-state index in [2.05, 4.69) is 148 Å². The maximum absolute atomic E-state index is 11.8. The van der Waals surface area contributed by atoms with Crippen molar-refractivity contribution in [1.29, 1.82) is 5.26 Å². The Morgan fingerprint density at radius 1 is 0.693 bits per heavy atom. The molecule has 598 valence electrons. The molecule has 3 aliphatic heterocycles. The summed E-state index contributed by atoms with van der Waals surface area (Å²) in [5.41, 5.74) is 3.64. The number of aliphatic imine (C=N–C) groups is 1. The zero-order chi connectivity index (χ0) is 83.2. The molecule has 0 unspecified atom stereocenters. The third-order valence-electron chi connectivity index (χ3n) is 14.3. The molecule has 2 saturated heterocycles. The Morgan fingerprint density at radius 2 is 1.18 bits per heavy atom. The van der Waals surface area contributed by atoms with Gasteiger partial charge in [0.2, 0.25) is 40.7 Å². The van der Waals surface area contributed by atoms with Crippen LogP contribution in [-0.2, 0) is 25.4 Å². The number of H-pyrrole nitrogens is 2. The van der Waals surface area contributed by atoms with Crippen molar-refractivity contribution in [2.24, 2.45) is 4.99 Å². The molecule has 13 aromatic rings. The summed E-state index contributed by atoms with van der Waals surface area (Å²) >= 11 is 46.6. The molecule has 0 radical (unpaired) electrons. The third-order valence-corrected chi connectivity index (χ3v) is 21.2. The first-order valence-corrected chi connectivity index (χ1v) is 44.7. The highest BCUT2D eigenvalue weighted by Gasteiger charge is 2.26. The number of alkyl halides is 2. The molecule has 16 heterocycles. The molecule has 13 aromatic heterocycles. The summed E-state index contributed by atoms with van der Waals surface area (Å²) in [4.78, 5) is 121. The van der Waals surface area contributed by atoms with Gasteiger partial charge in [0.25, 0.3) is 21.8 Å². The Kier molecular flexibility index (Phi) is 37.3. The number of fused-ring (bicyclic) bond motifs is 3. The smallest absolute Gasteiger partial charge is 0.339 e. The van der Waals surface area contributed by atoms with Crippen molar-refractivity contribution in [3.8, 4) is 37.4 Å². The van der Waals surface area contributed by atoms with Crippen LogP contribution in [0.5, 0.6) is 0 Å². The van der Waals surface area contributed by atoms with Gasteiger partial charge in [0.15, 0.2) is 11.3 Å². The number of amides is 2. The molecule has 2 amide bonds. The lowest BCUT2D eigenvalue weighted by molar-refractivity contribution is -0.454. The van der Waals surface area contributed by atoms with Crippen LogP contribution in [0.1, 0.15) is 76.2 Å². The number of furan rings is 3. The average Bonchev–Trinajstić information content (AvgIpc) is 1.64. The zero-order valence-electron chi connectivity index (χ0n) is 60.0. The number of nitrogens with one attached hydrogen (secondary N) is 2. The lowest BCUT2D eigenvalue weighted by Gasteiger charge is -2.13. The molecule has 0 aromatic carbocycles. The molecule has 3 aliphatic rings. The number of aromatic nitrogens is 10. The van der Waals surface area contributed by atoms with Crippen LogP contribution in [0.15, 0.2) is 158 Å². The van der Waals surface area contributed by atoms with Gasteiger partial charge in [-0.15, -0.1) is 78.5 Å². The summed E-state index contributed by atoms with van der Waals surface area (Å²) in [7, 11) is 0. The van der Waals surface area contributed by atoms with E-state index < -0.39 is 15.0 Å². The quantitative estimate of drug-likeness (QED) is 0.0158. The number of thiocarbonyl (C=S) groups is 1. The highest BCUT2D eigenvalue weighted by Crippen LogP contribution is 2.61. The van der Waals surface area contributed by atoms with E-state index in [4.69, 9.17) is 73.2 Å². The third kappa shape index (κ3) is 29.5. The van der Waals surface area contributed by atoms with Crippen LogP contribution in [0.3, 0.4) is 0 Å². The Bertz CT molecular complexity index is 5740. The van der Waals surface area contributed by atoms with Crippen LogP contribution in [0.2, 0.25) is 5.15 Å². The van der Waals surface area contributed by atoms with E-state index in [9.17, 15) is 38.7 Å². The number of rotatable bonds is 13. The van der Waals surface area contributed by atoms with Crippen LogP contribution in [0.4, 0.5) is 0 Å². The van der Waals surface area contributed by atoms with Crippen LogP contribution in [0.25, 0.3) is 70.7 Å². The highest BCUT2D eigenvalue weighted by molar-refractivity contribution is 9.09. The predicted molar refractivity (Wildman–Crippen MR) is 454 cm³/mol. The fraction of sp³-hybridized carbons (Fsp3) is 0.235. The molecule has 0 saturated carbocycles. The number of halogens is 7. The van der Waals surface area contributed by atoms with Crippen molar-refractivity contribution in [2.45, 2.75) is 77.1 Å². The van der Waals surface area contributed by atoms with Crippen molar-refractivity contribution >= 4 is 239 Å². The number of likely N-dealkylation sites (tertiary alicyclic amines) is 2. The number of nitriles is 1. The van der Waals surface area contributed by atoms with Gasteiger partial charge in [0, 0.05) is 110 Å². The molecule has 0 bridgehead atoms. The second-order valence-corrected chi connectivity index (χ2v) is 38.2. The summed E-state index contributed by atoms with van der Waals surface area (Å²) in [6.45, 7) is 12.9. The predicted octanol–water partition coefficient (Wildman–Crippen LogP) is 19.4. The number of hydrogen-bond acceptors (Lipinski definition) is 32. The van der Waals surface area contributed by atoms with Crippen molar-refractivity contribution in [1.82, 2.24) is 59.9 Å². The van der Waals surface area contributed by atoms with Gasteiger partial charge < -0.3 is 42.2 Å². The molecule has 0 spiro atoms. The number of aryl methyl sites for hydroxylation is 5. The topological polar surface area (TPSA) is 428 Å². The lowest BCUT2D eigenvalue weighted by Crippen LogP contribution is -2.31. The number of ether oxygens (including phenoxy) is 1. The van der Waals surface area contributed by atoms with E-state index in [0.717, 1.165) is 95.0 Å². The molecule has 31 nitrogen and oxygen atoms in total. The Hall–Kier alpha value is -8.82. The number of thiophene rings is 5. The van der Waals surface area contributed by atoms with E-state index in [1.165, 1.54) is 91.7 Å². The SMILES string of the molecule is CCl.Cc1ccc(-c2coc3nc[nH]c(=O)c23)s1.Cc1ccc(-c2coc3ncnc(Cl)c23)s1.Cc1ccc(-c2coc3ncnc(Sc4nnc(CN5CCCC5=O)o4)c23)s1.Cc1ccc(/C=C(\Cl)[N+](=O)[O-])s1.Cc1ccc(C=O)s1.N#Cc1cc(=O)[nH]cn1.O=C1CCCN1CC1=NCC(=S)O1.O=P(Cl)(Cl)Cl.O=[N+]([O-])CBr. The molecule has 114 heavy (non-hydrogen) atoms. The molecule has 2 fully saturated rings. The first-order valence-electron chi connectivity index (χ1n) is 32.3. The first-order chi connectivity index (χ1) is 54.4. The fourth-order valence-electron chi connectivity index (χ4n) is 9.50. The molecular formula is C68H60BrCl6N16O15PS7. The summed E-state index contributed by atoms with van der Waals surface area (Å²) in [5.74, 6) is 1.31. The Balaban J connectivity index is 0.000000186. The van der Waals surface area contributed by atoms with Crippen LogP contribution in [-0.4, -0.2) is 137 Å². The number of nitrogens with zero attached hydrogens (tertiary/aromatic N) is 14. The number of aldehydes is 1. The molecule has 0 atom stereocenters. The van der Waals surface area contributed by atoms with Crippen LogP contribution >= 0.6 is 170 Å². The molecule has 46 heteroatoms. The van der Waals surface area contributed by atoms with Crippen LogP contribution in [0, 0.1) is 66.2 Å². The summed E-state index contributed by atoms with van der Waals surface area (Å²) in [6, 6.07) is 22.6. The van der Waals surface area contributed by atoms with Gasteiger partial charge in [-0.3, -0.25) is 48.8 Å². The number of aromatic amines is 2. The van der Waals surface area contributed by atoms with Crippen molar-refractivity contribution < 1.29 is 51.2 Å². The van der Waals surface area contributed by atoms with Gasteiger partial charge in [-0.1, -0.05) is 11.6 Å². The standard InChI is InChI=1S/C18H15N5O3S2.C11H7ClN2OS.C11H8N2O2S.C8H10N2O2S.C7H6ClNO2S.C6H6OS.C5H3N3O.CH2BrNO2.CH3Cl.Cl3OP/c1-10-4-5-12(27-10)11-8-25-16-15(11)17(20-9-19-16)28-18-22-21-13(26-18)7-23-6-2-3-14(23)24;1-6-2-3-8(16-6)7-4-15-11-9(7)10(12)13-5-14-11;1-6-2-3-8(16-6)7-4-15-11-9(7)10(14)12-5-13-11;11-7-2-1-3-10(7)5-6-9-4-8(13)12-6;1-5-2-3-6(12-5)4-7(8)9(10)11;1-5-2-3-6(4-7)8-5;6-2-4-1-5(9)8-3-7-4;2-1-3(4)5;1-2;1-5(2,3)4/h4-5,8-9H,2-3,6-7H2,1H3;2-5H,1H3;2-5H,1H3,(H,12,13,14);1-5H2;2-4H,1H3;2-4H,1H3;1,3H,(H,7,8,9);1H2;1H3;/b;;;;7-4+;;;;;. The van der Waals surface area contributed by atoms with Gasteiger partial charge >= 0.3 is 10.4 Å². The molecule has 2 N–H and O–H groups in total. The second kappa shape index (κ2) is 46.1.